The van der Waals surface area contributed by atoms with Crippen LogP contribution in [0.3, 0.4) is 0 Å². The highest BCUT2D eigenvalue weighted by atomic mass is 79.9. The van der Waals surface area contributed by atoms with Crippen LogP contribution in [0.25, 0.3) is 0 Å². The van der Waals surface area contributed by atoms with E-state index < -0.39 is 5.82 Å². The number of nitrogens with zero attached hydrogens (tertiary/aromatic N) is 2. The summed E-state index contributed by atoms with van der Waals surface area (Å²) in [6.07, 6.45) is 3.53. The minimum Gasteiger partial charge on any atom is -0.394 e. The highest BCUT2D eigenvalue weighted by molar-refractivity contribution is 9.10. The zero-order chi connectivity index (χ0) is 13.8. The maximum absolute atomic E-state index is 13.1. The standard InChI is InChI=1S/C12H12BrClFN3O/c13-10-3-9(15)4-11(14)12(10)16-5-8-6-17-18(7-8)1-2-19/h3-4,6-7,16,19H,1-2,5H2. The average molecular weight is 349 g/mol. The first-order chi connectivity index (χ1) is 9.10. The lowest BCUT2D eigenvalue weighted by atomic mass is 10.3. The Morgan fingerprint density at radius 1 is 1.47 bits per heavy atom. The quantitative estimate of drug-likeness (QED) is 0.873. The molecule has 1 aromatic heterocycles. The van der Waals surface area contributed by atoms with E-state index in [1.54, 1.807) is 10.9 Å². The highest BCUT2D eigenvalue weighted by Crippen LogP contribution is 2.31. The fourth-order valence-corrected chi connectivity index (χ4v) is 2.58. The molecule has 0 fully saturated rings. The van der Waals surface area contributed by atoms with Crippen LogP contribution in [0, 0.1) is 5.82 Å². The molecule has 0 radical (unpaired) electrons. The van der Waals surface area contributed by atoms with E-state index in [1.807, 2.05) is 6.20 Å². The maximum atomic E-state index is 13.1. The van der Waals surface area contributed by atoms with Crippen LogP contribution in [0.5, 0.6) is 0 Å². The zero-order valence-corrected chi connectivity index (χ0v) is 12.2. The summed E-state index contributed by atoms with van der Waals surface area (Å²) in [5, 5.41) is 16.3. The molecule has 1 aromatic carbocycles. The van der Waals surface area contributed by atoms with Crippen molar-refractivity contribution in [3.8, 4) is 0 Å². The van der Waals surface area contributed by atoms with Crippen LogP contribution in [0.2, 0.25) is 5.02 Å². The third-order valence-corrected chi connectivity index (χ3v) is 3.42. The highest BCUT2D eigenvalue weighted by Gasteiger charge is 2.08. The summed E-state index contributed by atoms with van der Waals surface area (Å²) in [6.45, 7) is 1.01. The van der Waals surface area contributed by atoms with Gasteiger partial charge in [-0.3, -0.25) is 4.68 Å². The predicted molar refractivity (Wildman–Crippen MR) is 75.7 cm³/mol. The molecule has 4 nitrogen and oxygen atoms in total. The number of aliphatic hydroxyl groups is 1. The second-order valence-corrected chi connectivity index (χ2v) is 5.19. The summed E-state index contributed by atoms with van der Waals surface area (Å²) in [5.74, 6) is -0.391. The van der Waals surface area contributed by atoms with Gasteiger partial charge in [0.15, 0.2) is 0 Å². The van der Waals surface area contributed by atoms with Crippen molar-refractivity contribution in [3.63, 3.8) is 0 Å². The number of hydrogen-bond donors (Lipinski definition) is 2. The predicted octanol–water partition coefficient (Wildman–Crippen LogP) is 3.04. The van der Waals surface area contributed by atoms with Gasteiger partial charge in [0, 0.05) is 22.8 Å². The topological polar surface area (TPSA) is 50.1 Å². The van der Waals surface area contributed by atoms with Crippen LogP contribution in [0.15, 0.2) is 29.0 Å². The molecule has 2 aromatic rings. The van der Waals surface area contributed by atoms with Crippen molar-refractivity contribution in [3.05, 3.63) is 45.4 Å². The van der Waals surface area contributed by atoms with Gasteiger partial charge in [-0.25, -0.2) is 4.39 Å². The molecule has 0 aliphatic carbocycles. The van der Waals surface area contributed by atoms with Gasteiger partial charge in [-0.05, 0) is 28.1 Å². The van der Waals surface area contributed by atoms with Crippen LogP contribution in [-0.4, -0.2) is 21.5 Å². The molecule has 19 heavy (non-hydrogen) atoms. The van der Waals surface area contributed by atoms with Crippen molar-refractivity contribution in [1.29, 1.82) is 0 Å². The molecule has 0 aliphatic rings. The van der Waals surface area contributed by atoms with E-state index in [4.69, 9.17) is 16.7 Å². The Labute approximate surface area is 123 Å². The van der Waals surface area contributed by atoms with Crippen LogP contribution < -0.4 is 5.32 Å². The van der Waals surface area contributed by atoms with Gasteiger partial charge in [0.1, 0.15) is 5.82 Å². The molecule has 0 spiro atoms. The van der Waals surface area contributed by atoms with Crippen molar-refractivity contribution in [2.24, 2.45) is 0 Å². The summed E-state index contributed by atoms with van der Waals surface area (Å²) >= 11 is 9.23. The Balaban J connectivity index is 2.05. The molecular weight excluding hydrogens is 337 g/mol. The average Bonchev–Trinajstić information content (AvgIpc) is 2.76. The summed E-state index contributed by atoms with van der Waals surface area (Å²) in [4.78, 5) is 0. The Hall–Kier alpha value is -1.11. The first-order valence-electron chi connectivity index (χ1n) is 5.60. The molecule has 7 heteroatoms. The molecule has 2 N–H and O–H groups in total. The van der Waals surface area contributed by atoms with Gasteiger partial charge in [-0.1, -0.05) is 11.6 Å². The number of benzene rings is 1. The maximum Gasteiger partial charge on any atom is 0.125 e. The number of hydrogen-bond acceptors (Lipinski definition) is 3. The van der Waals surface area contributed by atoms with E-state index in [-0.39, 0.29) is 6.61 Å². The van der Waals surface area contributed by atoms with Crippen LogP contribution in [-0.2, 0) is 13.1 Å². The third-order valence-electron chi connectivity index (χ3n) is 2.49. The van der Waals surface area contributed by atoms with E-state index in [0.717, 1.165) is 5.56 Å². The monoisotopic (exact) mass is 347 g/mol. The number of aliphatic hydroxyl groups excluding tert-OH is 1. The molecule has 0 saturated heterocycles. The molecule has 0 aliphatic heterocycles. The molecule has 0 atom stereocenters. The van der Waals surface area contributed by atoms with Gasteiger partial charge in [-0.2, -0.15) is 5.10 Å². The second-order valence-electron chi connectivity index (χ2n) is 3.93. The fourth-order valence-electron chi connectivity index (χ4n) is 1.62. The van der Waals surface area contributed by atoms with Gasteiger partial charge in [0.25, 0.3) is 0 Å². The largest absolute Gasteiger partial charge is 0.394 e. The third kappa shape index (κ3) is 3.68. The number of nitrogens with one attached hydrogen (secondary N) is 1. The number of rotatable bonds is 5. The minimum absolute atomic E-state index is 0.0455. The molecule has 2 rings (SSSR count). The van der Waals surface area contributed by atoms with Crippen LogP contribution in [0.1, 0.15) is 5.56 Å². The molecule has 1 heterocycles. The van der Waals surface area contributed by atoms with Gasteiger partial charge < -0.3 is 10.4 Å². The van der Waals surface area contributed by atoms with E-state index in [2.05, 4.69) is 26.3 Å². The van der Waals surface area contributed by atoms with Crippen molar-refractivity contribution in [1.82, 2.24) is 9.78 Å². The Morgan fingerprint density at radius 2 is 2.26 bits per heavy atom. The Morgan fingerprint density at radius 3 is 2.95 bits per heavy atom. The molecule has 0 amide bonds. The Bertz CT molecular complexity index is 553. The normalized spacial score (nSPS) is 10.7. The minimum atomic E-state index is -0.391. The van der Waals surface area contributed by atoms with Crippen molar-refractivity contribution in [2.75, 3.05) is 11.9 Å². The van der Waals surface area contributed by atoms with Gasteiger partial charge in [0.2, 0.25) is 0 Å². The summed E-state index contributed by atoms with van der Waals surface area (Å²) in [7, 11) is 0. The van der Waals surface area contributed by atoms with Crippen molar-refractivity contribution in [2.45, 2.75) is 13.1 Å². The first kappa shape index (κ1) is 14.3. The summed E-state index contributed by atoms with van der Waals surface area (Å²) < 4.78 is 15.3. The zero-order valence-electron chi connectivity index (χ0n) is 9.91. The lowest BCUT2D eigenvalue weighted by Gasteiger charge is -2.09. The van der Waals surface area contributed by atoms with Gasteiger partial charge in [-0.15, -0.1) is 0 Å². The van der Waals surface area contributed by atoms with Crippen molar-refractivity contribution < 1.29 is 9.50 Å². The molecule has 0 bridgehead atoms. The lowest BCUT2D eigenvalue weighted by Crippen LogP contribution is -2.02. The molecule has 0 unspecified atom stereocenters. The van der Waals surface area contributed by atoms with Crippen LogP contribution >= 0.6 is 27.5 Å². The first-order valence-corrected chi connectivity index (χ1v) is 6.78. The summed E-state index contributed by atoms with van der Waals surface area (Å²) in [5.41, 5.74) is 1.58. The fraction of sp³-hybridized carbons (Fsp3) is 0.250. The van der Waals surface area contributed by atoms with E-state index in [9.17, 15) is 4.39 Å². The number of anilines is 1. The second kappa shape index (κ2) is 6.36. The van der Waals surface area contributed by atoms with Gasteiger partial charge >= 0.3 is 0 Å². The number of halogens is 3. The van der Waals surface area contributed by atoms with E-state index in [1.165, 1.54) is 12.1 Å². The van der Waals surface area contributed by atoms with E-state index >= 15 is 0 Å². The molecular formula is C12H12BrClFN3O. The molecule has 0 saturated carbocycles. The lowest BCUT2D eigenvalue weighted by molar-refractivity contribution is 0.269. The smallest absolute Gasteiger partial charge is 0.125 e. The van der Waals surface area contributed by atoms with E-state index in [0.29, 0.717) is 28.3 Å². The van der Waals surface area contributed by atoms with Crippen LogP contribution in [0.4, 0.5) is 10.1 Å². The van der Waals surface area contributed by atoms with Crippen molar-refractivity contribution >= 4 is 33.2 Å². The van der Waals surface area contributed by atoms with Gasteiger partial charge in [0.05, 0.1) is 30.1 Å². The SMILES string of the molecule is OCCn1cc(CNc2c(Cl)cc(F)cc2Br)cn1. The Kier molecular flexibility index (Phi) is 4.79. The molecule has 102 valence electrons. The summed E-state index contributed by atoms with van der Waals surface area (Å²) in [6, 6.07) is 2.60. The number of aromatic nitrogens is 2.